The lowest BCUT2D eigenvalue weighted by Crippen LogP contribution is -2.31. The van der Waals surface area contributed by atoms with E-state index in [9.17, 15) is 0 Å². The zero-order valence-corrected chi connectivity index (χ0v) is 16.9. The van der Waals surface area contributed by atoms with Gasteiger partial charge in [0.2, 0.25) is 0 Å². The minimum Gasteiger partial charge on any atom is -0.425 e. The zero-order valence-electron chi connectivity index (χ0n) is 13.7. The molecule has 0 aliphatic heterocycles. The van der Waals surface area contributed by atoms with Gasteiger partial charge in [-0.3, -0.25) is 0 Å². The Hall–Kier alpha value is -0.770. The van der Waals surface area contributed by atoms with Gasteiger partial charge in [-0.15, -0.1) is 0 Å². The first kappa shape index (κ1) is 19.0. The molecule has 0 heterocycles. The van der Waals surface area contributed by atoms with Crippen LogP contribution >= 0.6 is 29.8 Å². The topological polar surface area (TPSA) is 30.5 Å². The number of hydrogen-bond acceptors (Lipinski definition) is 3. The highest BCUT2D eigenvalue weighted by Crippen LogP contribution is 2.47. The summed E-state index contributed by atoms with van der Waals surface area (Å²) in [4.78, 5) is 0. The Morgan fingerprint density at radius 2 is 1.24 bits per heavy atom. The molecule has 0 amide bonds. The fraction of sp³-hybridized carbons (Fsp3) is 0.333. The Morgan fingerprint density at radius 3 is 1.68 bits per heavy atom. The van der Waals surface area contributed by atoms with Gasteiger partial charge in [0.05, 0.1) is 0 Å². The van der Waals surface area contributed by atoms with Crippen molar-refractivity contribution >= 4 is 41.7 Å². The van der Waals surface area contributed by atoms with E-state index in [0.29, 0.717) is 27.6 Å². The van der Waals surface area contributed by atoms with Gasteiger partial charge < -0.3 is 9.05 Å². The Kier molecular flexibility index (Phi) is 6.65. The summed E-state index contributed by atoms with van der Waals surface area (Å²) >= 11 is 17.7. The number of rotatable bonds is 6. The fourth-order valence-electron chi connectivity index (χ4n) is 2.80. The highest BCUT2D eigenvalue weighted by Gasteiger charge is 2.28. The molecule has 1 saturated carbocycles. The zero-order chi connectivity index (χ0) is 17.7. The third-order valence-electron chi connectivity index (χ3n) is 4.02. The molecule has 3 nitrogen and oxygen atoms in total. The second kappa shape index (κ2) is 8.75. The minimum absolute atomic E-state index is 0.319. The third-order valence-corrected chi connectivity index (χ3v) is 6.88. The summed E-state index contributed by atoms with van der Waals surface area (Å²) in [6.45, 7) is -2.76. The van der Waals surface area contributed by atoms with Gasteiger partial charge in [0.1, 0.15) is 11.5 Å². The average molecular weight is 416 g/mol. The van der Waals surface area contributed by atoms with Gasteiger partial charge in [-0.1, -0.05) is 42.5 Å². The van der Waals surface area contributed by atoms with Crippen LogP contribution in [-0.2, 0) is 11.8 Å². The molecule has 0 saturated heterocycles. The maximum absolute atomic E-state index is 6.09. The predicted octanol–water partition coefficient (Wildman–Crippen LogP) is 6.60. The van der Waals surface area contributed by atoms with Crippen LogP contribution in [0.5, 0.6) is 11.5 Å². The molecule has 7 heteroatoms. The number of halogens is 2. The lowest BCUT2D eigenvalue weighted by atomic mass is 9.96. The summed E-state index contributed by atoms with van der Waals surface area (Å²) in [5.41, 5.74) is 0. The molecule has 2 aromatic rings. The quantitative estimate of drug-likeness (QED) is 0.538. The first-order valence-corrected chi connectivity index (χ1v) is 11.7. The molecule has 1 N–H and O–H groups in total. The standard InChI is InChI=1S/C18H20Cl2NO2PS/c19-14-6-10-17(11-7-14)22-24(25,21-16-4-2-1-3-5-16)23-18-12-8-15(20)9-13-18/h6-13,16H,1-5H2,(H,21,25). The highest BCUT2D eigenvalue weighted by atomic mass is 35.5. The molecule has 134 valence electrons. The fourth-order valence-corrected chi connectivity index (χ4v) is 5.66. The molecule has 0 atom stereocenters. The van der Waals surface area contributed by atoms with E-state index in [0.717, 1.165) is 12.8 Å². The van der Waals surface area contributed by atoms with Crippen LogP contribution in [0.2, 0.25) is 10.0 Å². The van der Waals surface area contributed by atoms with Crippen molar-refractivity contribution in [3.8, 4) is 11.5 Å². The van der Waals surface area contributed by atoms with Gasteiger partial charge in [-0.2, -0.15) is 0 Å². The van der Waals surface area contributed by atoms with E-state index in [1.165, 1.54) is 19.3 Å². The van der Waals surface area contributed by atoms with Crippen molar-refractivity contribution in [3.63, 3.8) is 0 Å². The molecule has 3 rings (SSSR count). The van der Waals surface area contributed by atoms with Crippen molar-refractivity contribution in [2.45, 2.75) is 38.1 Å². The van der Waals surface area contributed by atoms with E-state index in [1.807, 2.05) is 0 Å². The van der Waals surface area contributed by atoms with Gasteiger partial charge in [-0.25, -0.2) is 5.09 Å². The second-order valence-corrected chi connectivity index (χ2v) is 9.99. The van der Waals surface area contributed by atoms with Crippen LogP contribution in [-0.4, -0.2) is 6.04 Å². The molecule has 0 bridgehead atoms. The van der Waals surface area contributed by atoms with Crippen molar-refractivity contribution < 1.29 is 9.05 Å². The summed E-state index contributed by atoms with van der Waals surface area (Å²) in [7, 11) is 0. The number of hydrogen-bond donors (Lipinski definition) is 1. The Bertz CT molecular complexity index is 682. The summed E-state index contributed by atoms with van der Waals surface area (Å²) in [5.74, 6) is 1.29. The number of nitrogens with one attached hydrogen (secondary N) is 1. The summed E-state index contributed by atoms with van der Waals surface area (Å²) < 4.78 is 12.2. The van der Waals surface area contributed by atoms with E-state index in [1.54, 1.807) is 48.5 Å². The summed E-state index contributed by atoms with van der Waals surface area (Å²) in [5, 5.41) is 4.78. The Labute approximate surface area is 163 Å². The molecule has 2 aromatic carbocycles. The second-order valence-electron chi connectivity index (χ2n) is 6.05. The Balaban J connectivity index is 1.79. The normalized spacial score (nSPS) is 15.8. The van der Waals surface area contributed by atoms with Crippen LogP contribution in [0.15, 0.2) is 48.5 Å². The molecule has 0 radical (unpaired) electrons. The first-order valence-electron chi connectivity index (χ1n) is 8.31. The van der Waals surface area contributed by atoms with E-state index in [-0.39, 0.29) is 0 Å². The summed E-state index contributed by atoms with van der Waals surface area (Å²) in [6, 6.07) is 14.6. The largest absolute Gasteiger partial charge is 0.425 e. The van der Waals surface area contributed by atoms with Crippen molar-refractivity contribution in [2.24, 2.45) is 0 Å². The molecule has 0 aromatic heterocycles. The highest BCUT2D eigenvalue weighted by molar-refractivity contribution is 8.09. The van der Waals surface area contributed by atoms with Crippen LogP contribution in [0.25, 0.3) is 0 Å². The van der Waals surface area contributed by atoms with Crippen molar-refractivity contribution in [1.82, 2.24) is 5.09 Å². The van der Waals surface area contributed by atoms with Crippen LogP contribution in [0.3, 0.4) is 0 Å². The monoisotopic (exact) mass is 415 g/mol. The molecular weight excluding hydrogens is 396 g/mol. The van der Waals surface area contributed by atoms with Crippen molar-refractivity contribution in [1.29, 1.82) is 0 Å². The maximum atomic E-state index is 6.09. The molecule has 1 fully saturated rings. The van der Waals surface area contributed by atoms with Crippen LogP contribution in [0.4, 0.5) is 0 Å². The third kappa shape index (κ3) is 5.87. The first-order chi connectivity index (χ1) is 12.0. The van der Waals surface area contributed by atoms with Crippen LogP contribution in [0.1, 0.15) is 32.1 Å². The SMILES string of the molecule is S=P(NC1CCCCC1)(Oc1ccc(Cl)cc1)Oc1ccc(Cl)cc1. The van der Waals surface area contributed by atoms with Gasteiger partial charge in [0.15, 0.2) is 0 Å². The molecule has 25 heavy (non-hydrogen) atoms. The lowest BCUT2D eigenvalue weighted by Gasteiger charge is -2.30. The molecule has 0 spiro atoms. The van der Waals surface area contributed by atoms with Crippen molar-refractivity contribution in [3.05, 3.63) is 58.6 Å². The number of benzene rings is 2. The van der Waals surface area contributed by atoms with E-state index >= 15 is 0 Å². The molecular formula is C18H20Cl2NO2PS. The predicted molar refractivity (Wildman–Crippen MR) is 108 cm³/mol. The van der Waals surface area contributed by atoms with Crippen LogP contribution in [0, 0.1) is 0 Å². The van der Waals surface area contributed by atoms with Crippen LogP contribution < -0.4 is 14.1 Å². The molecule has 1 aliphatic carbocycles. The summed E-state index contributed by atoms with van der Waals surface area (Å²) in [6.07, 6.45) is 5.86. The van der Waals surface area contributed by atoms with Gasteiger partial charge in [-0.05, 0) is 61.4 Å². The van der Waals surface area contributed by atoms with E-state index in [2.05, 4.69) is 5.09 Å². The Morgan fingerprint density at radius 1 is 0.800 bits per heavy atom. The molecule has 0 unspecified atom stereocenters. The van der Waals surface area contributed by atoms with E-state index in [4.69, 9.17) is 44.1 Å². The van der Waals surface area contributed by atoms with Gasteiger partial charge in [0, 0.05) is 27.9 Å². The lowest BCUT2D eigenvalue weighted by molar-refractivity contribution is 0.388. The maximum Gasteiger partial charge on any atom is 0.365 e. The smallest absolute Gasteiger partial charge is 0.365 e. The van der Waals surface area contributed by atoms with Crippen molar-refractivity contribution in [2.75, 3.05) is 0 Å². The minimum atomic E-state index is -2.76. The van der Waals surface area contributed by atoms with E-state index < -0.39 is 6.64 Å². The molecule has 1 aliphatic rings. The average Bonchev–Trinajstić information content (AvgIpc) is 2.60. The van der Waals surface area contributed by atoms with Gasteiger partial charge in [0.25, 0.3) is 0 Å². The van der Waals surface area contributed by atoms with Gasteiger partial charge >= 0.3 is 6.64 Å².